The van der Waals surface area contributed by atoms with Crippen LogP contribution in [-0.2, 0) is 21.7 Å². The summed E-state index contributed by atoms with van der Waals surface area (Å²) in [5.74, 6) is 0. The van der Waals surface area contributed by atoms with Crippen molar-refractivity contribution in [1.29, 1.82) is 0 Å². The second-order valence-electron chi connectivity index (χ2n) is 31.8. The summed E-state index contributed by atoms with van der Waals surface area (Å²) in [5.41, 5.74) is 31.9. The lowest BCUT2D eigenvalue weighted by molar-refractivity contribution is 0.590. The SMILES string of the molecule is CC(C)(C)c1ccc2c(c1)c1cc(C(C)(C)C)ccc1n2-c1ccc2c(c1)N(c1c(-c3ccccc3)cccc1-c1ccccc1)c1cccc3c1B2c1ccc(-n2c4ccc(C(C)(C)C)cc4c4cc(C(C)(C)C)ccc42)cc1N3c1c(-c2ccccc2)cccc1-c1ccccc1. The van der Waals surface area contributed by atoms with Crippen molar-refractivity contribution in [2.75, 3.05) is 9.80 Å². The minimum absolute atomic E-state index is 0.0411. The highest BCUT2D eigenvalue weighted by atomic mass is 15.2. The van der Waals surface area contributed by atoms with Gasteiger partial charge < -0.3 is 18.9 Å². The fraction of sp³-hybridized carbons (Fsp3) is 0.170. The molecule has 0 bridgehead atoms. The molecule has 0 amide bonds. The van der Waals surface area contributed by atoms with Gasteiger partial charge in [-0.2, -0.15) is 0 Å². The second-order valence-corrected chi connectivity index (χ2v) is 31.8. The van der Waals surface area contributed by atoms with Crippen molar-refractivity contribution in [3.8, 4) is 55.9 Å². The van der Waals surface area contributed by atoms with Gasteiger partial charge in [-0.25, -0.2) is 0 Å². The van der Waals surface area contributed by atoms with Gasteiger partial charge in [0.1, 0.15) is 0 Å². The Balaban J connectivity index is 1.01. The normalized spacial score (nSPS) is 13.2. The monoisotopic (exact) mass is 1280 g/mol. The summed E-state index contributed by atoms with van der Waals surface area (Å²) in [6, 6.07) is 109. The Labute approximate surface area is 584 Å². The Morgan fingerprint density at radius 1 is 0.242 bits per heavy atom. The van der Waals surface area contributed by atoms with Gasteiger partial charge in [-0.05, 0) is 167 Å². The molecular weight excluding hydrogens is 1200 g/mol. The lowest BCUT2D eigenvalue weighted by Crippen LogP contribution is -2.61. The van der Waals surface area contributed by atoms with E-state index in [4.69, 9.17) is 0 Å². The van der Waals surface area contributed by atoms with E-state index in [2.05, 4.69) is 387 Å². The van der Waals surface area contributed by atoms with Crippen molar-refractivity contribution in [2.45, 2.75) is 105 Å². The van der Waals surface area contributed by atoms with Gasteiger partial charge in [0.05, 0.1) is 33.4 Å². The zero-order chi connectivity index (χ0) is 68.0. The minimum atomic E-state index is -0.200. The summed E-state index contributed by atoms with van der Waals surface area (Å²) >= 11 is 0. The van der Waals surface area contributed by atoms with Crippen molar-refractivity contribution >= 4 is 101 Å². The molecule has 0 N–H and O–H groups in total. The topological polar surface area (TPSA) is 16.3 Å². The Bertz CT molecular complexity index is 5100. The molecule has 0 aliphatic carbocycles. The van der Waals surface area contributed by atoms with Gasteiger partial charge in [-0.15, -0.1) is 0 Å². The number of nitrogens with zero attached hydrogens (tertiary/aromatic N) is 4. The molecule has 0 radical (unpaired) electrons. The third-order valence-electron chi connectivity index (χ3n) is 21.3. The summed E-state index contributed by atoms with van der Waals surface area (Å²) in [5, 5.41) is 5.07. The first kappa shape index (κ1) is 61.7. The summed E-state index contributed by atoms with van der Waals surface area (Å²) in [4.78, 5) is 5.33. The lowest BCUT2D eigenvalue weighted by atomic mass is 9.33. The third-order valence-corrected chi connectivity index (χ3v) is 21.3. The van der Waals surface area contributed by atoms with E-state index >= 15 is 0 Å². The predicted octanol–water partition coefficient (Wildman–Crippen LogP) is 23.8. The van der Waals surface area contributed by atoms with Crippen LogP contribution < -0.4 is 26.2 Å². The number of anilines is 6. The van der Waals surface area contributed by atoms with Crippen molar-refractivity contribution in [3.63, 3.8) is 0 Å². The summed E-state index contributed by atoms with van der Waals surface area (Å²) < 4.78 is 5.09. The predicted molar refractivity (Wildman–Crippen MR) is 426 cm³/mol. The quantitative estimate of drug-likeness (QED) is 0.141. The molecule has 0 fully saturated rings. The van der Waals surface area contributed by atoms with Crippen LogP contribution in [-0.4, -0.2) is 15.8 Å². The molecule has 4 nitrogen and oxygen atoms in total. The average molecular weight is 1280 g/mol. The first-order valence-electron chi connectivity index (χ1n) is 35.4. The number of hydrogen-bond donors (Lipinski definition) is 0. The molecule has 482 valence electrons. The van der Waals surface area contributed by atoms with E-state index in [9.17, 15) is 0 Å². The molecule has 17 rings (SSSR count). The number of benzene rings is 13. The fourth-order valence-electron chi connectivity index (χ4n) is 16.1. The Kier molecular flexibility index (Phi) is 14.2. The molecule has 2 aliphatic heterocycles. The highest BCUT2D eigenvalue weighted by molar-refractivity contribution is 7.00. The summed E-state index contributed by atoms with van der Waals surface area (Å²) in [6.45, 7) is 27.7. The number of rotatable bonds is 8. The molecule has 2 aromatic heterocycles. The third kappa shape index (κ3) is 10.2. The second kappa shape index (κ2) is 22.9. The van der Waals surface area contributed by atoms with Crippen LogP contribution in [0.3, 0.4) is 0 Å². The van der Waals surface area contributed by atoms with Crippen LogP contribution in [0.25, 0.3) is 99.5 Å². The van der Waals surface area contributed by atoms with Crippen LogP contribution in [0.15, 0.2) is 285 Å². The first-order valence-corrected chi connectivity index (χ1v) is 35.4. The van der Waals surface area contributed by atoms with Gasteiger partial charge in [0.2, 0.25) is 0 Å². The molecule has 99 heavy (non-hydrogen) atoms. The maximum atomic E-state index is 2.66. The van der Waals surface area contributed by atoms with Crippen LogP contribution in [0.5, 0.6) is 0 Å². The molecule has 2 aliphatic rings. The molecule has 4 heterocycles. The first-order chi connectivity index (χ1) is 47.7. The Hall–Kier alpha value is -10.9. The van der Waals surface area contributed by atoms with Gasteiger partial charge in [0.15, 0.2) is 0 Å². The molecule has 13 aromatic carbocycles. The largest absolute Gasteiger partial charge is 0.310 e. The number of para-hydroxylation sites is 2. The summed E-state index contributed by atoms with van der Waals surface area (Å²) in [6.07, 6.45) is 0. The van der Waals surface area contributed by atoms with E-state index in [0.29, 0.717) is 0 Å². The Morgan fingerprint density at radius 2 is 0.515 bits per heavy atom. The number of hydrogen-bond acceptors (Lipinski definition) is 2. The van der Waals surface area contributed by atoms with E-state index in [1.165, 1.54) is 82.3 Å². The van der Waals surface area contributed by atoms with E-state index in [-0.39, 0.29) is 28.4 Å². The van der Waals surface area contributed by atoms with Crippen LogP contribution in [0.4, 0.5) is 34.1 Å². The van der Waals surface area contributed by atoms with Gasteiger partial charge in [0, 0.05) is 77.9 Å². The van der Waals surface area contributed by atoms with Gasteiger partial charge in [-0.3, -0.25) is 0 Å². The molecule has 5 heteroatoms. The molecule has 15 aromatic rings. The van der Waals surface area contributed by atoms with E-state index in [1.807, 2.05) is 0 Å². The van der Waals surface area contributed by atoms with Crippen molar-refractivity contribution in [3.05, 3.63) is 307 Å². The average Bonchev–Trinajstić information content (AvgIpc) is 1.02. The molecule has 0 saturated heterocycles. The molecule has 0 saturated carbocycles. The molecular formula is C94H83BN4. The van der Waals surface area contributed by atoms with Gasteiger partial charge in [-0.1, -0.05) is 283 Å². The van der Waals surface area contributed by atoms with Crippen molar-refractivity contribution in [2.24, 2.45) is 0 Å². The number of fused-ring (bicyclic) bond motifs is 10. The van der Waals surface area contributed by atoms with E-state index in [0.717, 1.165) is 90.0 Å². The van der Waals surface area contributed by atoms with Gasteiger partial charge in [0.25, 0.3) is 6.71 Å². The van der Waals surface area contributed by atoms with Crippen LogP contribution in [0.1, 0.15) is 105 Å². The van der Waals surface area contributed by atoms with E-state index < -0.39 is 0 Å². The van der Waals surface area contributed by atoms with Crippen LogP contribution in [0.2, 0.25) is 0 Å². The van der Waals surface area contributed by atoms with Crippen LogP contribution in [0, 0.1) is 0 Å². The molecule has 0 spiro atoms. The van der Waals surface area contributed by atoms with Crippen LogP contribution >= 0.6 is 0 Å². The van der Waals surface area contributed by atoms with Crippen molar-refractivity contribution in [1.82, 2.24) is 9.13 Å². The standard InChI is InChI=1S/C94H83BN4/c1-91(2,3)64-42-50-80-74(54-64)75-55-65(92(4,5)6)43-51-81(75)96(80)68-46-48-78-86(58-68)98(89-70(60-28-17-13-18-29-60)36-25-37-71(89)61-30-19-14-20-31-61)84-40-27-41-85-88(84)95(78)79-49-47-69(97-82-52-44-66(93(7,8)9)56-76(82)77-57-67(94(10,11)12)45-53-83(77)97)59-87(79)99(85)90-72(62-32-21-15-22-33-62)38-26-39-73(90)63-34-23-16-24-35-63/h13-59H,1-12H3. The zero-order valence-corrected chi connectivity index (χ0v) is 59.0. The highest BCUT2D eigenvalue weighted by Gasteiger charge is 2.45. The van der Waals surface area contributed by atoms with E-state index in [1.54, 1.807) is 0 Å². The minimum Gasteiger partial charge on any atom is -0.310 e. The maximum absolute atomic E-state index is 2.66. The lowest BCUT2D eigenvalue weighted by Gasteiger charge is -2.45. The zero-order valence-electron chi connectivity index (χ0n) is 59.0. The summed E-state index contributed by atoms with van der Waals surface area (Å²) in [7, 11) is 0. The maximum Gasteiger partial charge on any atom is 0.252 e. The highest BCUT2D eigenvalue weighted by Crippen LogP contribution is 2.54. The Morgan fingerprint density at radius 3 is 0.788 bits per heavy atom. The molecule has 0 unspecified atom stereocenters. The fourth-order valence-corrected chi connectivity index (χ4v) is 16.1. The smallest absolute Gasteiger partial charge is 0.252 e. The van der Waals surface area contributed by atoms with Gasteiger partial charge >= 0.3 is 0 Å². The van der Waals surface area contributed by atoms with Crippen molar-refractivity contribution < 1.29 is 0 Å². The molecule has 0 atom stereocenters. The number of aromatic nitrogens is 2.